The van der Waals surface area contributed by atoms with Crippen molar-refractivity contribution in [3.8, 4) is 5.88 Å². The highest BCUT2D eigenvalue weighted by Crippen LogP contribution is 2.24. The van der Waals surface area contributed by atoms with Crippen molar-refractivity contribution in [1.29, 1.82) is 0 Å². The normalized spacial score (nSPS) is 11.0. The fourth-order valence-electron chi connectivity index (χ4n) is 2.05. The zero-order chi connectivity index (χ0) is 12.7. The standard InChI is InChI=1S/C14H26N2O/c1-4-7-10-13-12(9-6-3)14(17)16(15-13)11-8-5-2/h17H,4-11H2,1-3H3. The zero-order valence-electron chi connectivity index (χ0n) is 11.5. The van der Waals surface area contributed by atoms with Gasteiger partial charge in [0.2, 0.25) is 5.88 Å². The zero-order valence-corrected chi connectivity index (χ0v) is 11.5. The molecule has 0 fully saturated rings. The molecule has 1 aromatic rings. The number of aryl methyl sites for hydroxylation is 2. The second-order valence-electron chi connectivity index (χ2n) is 4.68. The lowest BCUT2D eigenvalue weighted by molar-refractivity contribution is 0.389. The minimum absolute atomic E-state index is 0.409. The molecule has 0 aliphatic carbocycles. The van der Waals surface area contributed by atoms with Gasteiger partial charge in [0, 0.05) is 12.1 Å². The second-order valence-corrected chi connectivity index (χ2v) is 4.68. The van der Waals surface area contributed by atoms with Crippen molar-refractivity contribution >= 4 is 0 Å². The molecule has 0 amide bonds. The molecule has 0 aromatic carbocycles. The van der Waals surface area contributed by atoms with Gasteiger partial charge in [0.05, 0.1) is 5.69 Å². The van der Waals surface area contributed by atoms with Crippen molar-refractivity contribution in [2.45, 2.75) is 72.3 Å². The molecule has 0 saturated heterocycles. The molecule has 17 heavy (non-hydrogen) atoms. The maximum absolute atomic E-state index is 10.2. The summed E-state index contributed by atoms with van der Waals surface area (Å²) in [4.78, 5) is 0. The lowest BCUT2D eigenvalue weighted by Gasteiger charge is -2.02. The van der Waals surface area contributed by atoms with E-state index in [2.05, 4.69) is 25.9 Å². The number of aromatic hydroxyl groups is 1. The van der Waals surface area contributed by atoms with Crippen molar-refractivity contribution in [1.82, 2.24) is 9.78 Å². The summed E-state index contributed by atoms with van der Waals surface area (Å²) in [6.45, 7) is 7.33. The van der Waals surface area contributed by atoms with E-state index < -0.39 is 0 Å². The van der Waals surface area contributed by atoms with E-state index in [1.807, 2.05) is 0 Å². The summed E-state index contributed by atoms with van der Waals surface area (Å²) in [5.41, 5.74) is 2.19. The third-order valence-electron chi connectivity index (χ3n) is 3.09. The van der Waals surface area contributed by atoms with Crippen LogP contribution >= 0.6 is 0 Å². The molecule has 0 atom stereocenters. The predicted octanol–water partition coefficient (Wildman–Crippen LogP) is 3.68. The monoisotopic (exact) mass is 238 g/mol. The van der Waals surface area contributed by atoms with Crippen molar-refractivity contribution in [2.24, 2.45) is 0 Å². The van der Waals surface area contributed by atoms with E-state index in [1.165, 1.54) is 6.42 Å². The van der Waals surface area contributed by atoms with Crippen LogP contribution in [0.1, 0.15) is 64.1 Å². The Kier molecular flexibility index (Phi) is 6.09. The predicted molar refractivity (Wildman–Crippen MR) is 71.4 cm³/mol. The number of unbranched alkanes of at least 4 members (excludes halogenated alkanes) is 2. The van der Waals surface area contributed by atoms with E-state index in [0.29, 0.717) is 5.88 Å². The van der Waals surface area contributed by atoms with Crippen LogP contribution in [0.5, 0.6) is 5.88 Å². The van der Waals surface area contributed by atoms with Gasteiger partial charge < -0.3 is 5.11 Å². The summed E-state index contributed by atoms with van der Waals surface area (Å²) >= 11 is 0. The Morgan fingerprint density at radius 3 is 2.29 bits per heavy atom. The second kappa shape index (κ2) is 7.36. The molecule has 1 heterocycles. The first-order valence-corrected chi connectivity index (χ1v) is 7.02. The Morgan fingerprint density at radius 2 is 1.71 bits per heavy atom. The first-order chi connectivity index (χ1) is 8.24. The molecule has 0 aliphatic heterocycles. The Morgan fingerprint density at radius 1 is 1.00 bits per heavy atom. The van der Waals surface area contributed by atoms with Crippen molar-refractivity contribution in [2.75, 3.05) is 0 Å². The van der Waals surface area contributed by atoms with Gasteiger partial charge in [-0.25, -0.2) is 4.68 Å². The van der Waals surface area contributed by atoms with E-state index in [1.54, 1.807) is 4.68 Å². The van der Waals surface area contributed by atoms with E-state index in [9.17, 15) is 5.11 Å². The molecule has 0 spiro atoms. The van der Waals surface area contributed by atoms with Gasteiger partial charge >= 0.3 is 0 Å². The number of rotatable bonds is 8. The van der Waals surface area contributed by atoms with E-state index in [-0.39, 0.29) is 0 Å². The number of hydrogen-bond acceptors (Lipinski definition) is 2. The SMILES string of the molecule is CCCCc1nn(CCCC)c(O)c1CCC. The number of hydrogen-bond donors (Lipinski definition) is 1. The third-order valence-corrected chi connectivity index (χ3v) is 3.09. The van der Waals surface area contributed by atoms with Crippen LogP contribution in [-0.4, -0.2) is 14.9 Å². The van der Waals surface area contributed by atoms with E-state index in [4.69, 9.17) is 0 Å². The summed E-state index contributed by atoms with van der Waals surface area (Å²) in [6.07, 6.45) is 7.54. The van der Waals surface area contributed by atoms with E-state index in [0.717, 1.165) is 56.3 Å². The molecule has 0 bridgehead atoms. The van der Waals surface area contributed by atoms with Crippen LogP contribution in [0.2, 0.25) is 0 Å². The van der Waals surface area contributed by atoms with Crippen LogP contribution in [0, 0.1) is 0 Å². The highest BCUT2D eigenvalue weighted by Gasteiger charge is 2.15. The molecule has 0 saturated carbocycles. The highest BCUT2D eigenvalue weighted by molar-refractivity contribution is 5.31. The number of nitrogens with zero attached hydrogens (tertiary/aromatic N) is 2. The average Bonchev–Trinajstić information content (AvgIpc) is 2.62. The average molecular weight is 238 g/mol. The summed E-state index contributed by atoms with van der Waals surface area (Å²) in [5, 5.41) is 14.7. The largest absolute Gasteiger partial charge is 0.493 e. The van der Waals surface area contributed by atoms with Crippen molar-refractivity contribution in [3.05, 3.63) is 11.3 Å². The molecule has 0 radical (unpaired) electrons. The quantitative estimate of drug-likeness (QED) is 0.750. The van der Waals surface area contributed by atoms with Crippen LogP contribution < -0.4 is 0 Å². The smallest absolute Gasteiger partial charge is 0.212 e. The maximum Gasteiger partial charge on any atom is 0.212 e. The van der Waals surface area contributed by atoms with Gasteiger partial charge in [0.1, 0.15) is 0 Å². The maximum atomic E-state index is 10.2. The van der Waals surface area contributed by atoms with Gasteiger partial charge in [0.25, 0.3) is 0 Å². The highest BCUT2D eigenvalue weighted by atomic mass is 16.3. The Balaban J connectivity index is 2.84. The van der Waals surface area contributed by atoms with Crippen LogP contribution in [0.25, 0.3) is 0 Å². The summed E-state index contributed by atoms with van der Waals surface area (Å²) in [7, 11) is 0. The summed E-state index contributed by atoms with van der Waals surface area (Å²) in [6, 6.07) is 0. The number of aromatic nitrogens is 2. The van der Waals surface area contributed by atoms with Gasteiger partial charge in [-0.3, -0.25) is 0 Å². The topological polar surface area (TPSA) is 38.0 Å². The van der Waals surface area contributed by atoms with Gasteiger partial charge in [-0.05, 0) is 25.7 Å². The Labute approximate surface area is 105 Å². The molecule has 1 aromatic heterocycles. The first kappa shape index (κ1) is 14.1. The minimum Gasteiger partial charge on any atom is -0.493 e. The Hall–Kier alpha value is -0.990. The van der Waals surface area contributed by atoms with Crippen molar-refractivity contribution < 1.29 is 5.11 Å². The molecular formula is C14H26N2O. The molecule has 3 nitrogen and oxygen atoms in total. The van der Waals surface area contributed by atoms with Crippen LogP contribution in [0.15, 0.2) is 0 Å². The van der Waals surface area contributed by atoms with Gasteiger partial charge in [-0.1, -0.05) is 40.0 Å². The molecule has 0 aliphatic rings. The summed E-state index contributed by atoms with van der Waals surface area (Å²) < 4.78 is 1.79. The first-order valence-electron chi connectivity index (χ1n) is 7.02. The molecular weight excluding hydrogens is 212 g/mol. The van der Waals surface area contributed by atoms with Gasteiger partial charge in [-0.2, -0.15) is 5.10 Å². The molecule has 0 unspecified atom stereocenters. The van der Waals surface area contributed by atoms with Gasteiger partial charge in [-0.15, -0.1) is 0 Å². The lowest BCUT2D eigenvalue weighted by Crippen LogP contribution is -2.00. The van der Waals surface area contributed by atoms with Crippen LogP contribution in [-0.2, 0) is 19.4 Å². The third kappa shape index (κ3) is 3.76. The molecule has 3 heteroatoms. The molecule has 1 N–H and O–H groups in total. The minimum atomic E-state index is 0.409. The molecule has 98 valence electrons. The van der Waals surface area contributed by atoms with E-state index >= 15 is 0 Å². The van der Waals surface area contributed by atoms with Crippen molar-refractivity contribution in [3.63, 3.8) is 0 Å². The summed E-state index contributed by atoms with van der Waals surface area (Å²) in [5.74, 6) is 0.409. The molecule has 1 rings (SSSR count). The van der Waals surface area contributed by atoms with Gasteiger partial charge in [0.15, 0.2) is 0 Å². The van der Waals surface area contributed by atoms with Crippen LogP contribution in [0.3, 0.4) is 0 Å². The fraction of sp³-hybridized carbons (Fsp3) is 0.786. The lowest BCUT2D eigenvalue weighted by atomic mass is 10.1. The fourth-order valence-corrected chi connectivity index (χ4v) is 2.05. The Bertz CT molecular complexity index is 331. The van der Waals surface area contributed by atoms with Crippen LogP contribution in [0.4, 0.5) is 0 Å².